The monoisotopic (exact) mass is 276 g/mol. The van der Waals surface area contributed by atoms with E-state index in [1.165, 1.54) is 5.56 Å². The third-order valence-corrected chi connectivity index (χ3v) is 4.17. The van der Waals surface area contributed by atoms with E-state index in [-0.39, 0.29) is 6.61 Å². The van der Waals surface area contributed by atoms with E-state index in [9.17, 15) is 5.11 Å². The third-order valence-electron chi connectivity index (χ3n) is 3.00. The minimum Gasteiger partial charge on any atom is -0.391 e. The molecule has 4 heteroatoms. The average Bonchev–Trinajstić information content (AvgIpc) is 2.84. The Kier molecular flexibility index (Phi) is 4.56. The van der Waals surface area contributed by atoms with Gasteiger partial charge in [-0.15, -0.1) is 0 Å². The highest BCUT2D eigenvalue weighted by atomic mass is 32.1. The molecule has 102 valence electrons. The minimum atomic E-state index is 0.0738. The SMILES string of the molecule is CC(C)c1nc(N(C)Cc2ccccc2)sc1CO. The number of benzene rings is 1. The quantitative estimate of drug-likeness (QED) is 0.909. The van der Waals surface area contributed by atoms with Crippen molar-refractivity contribution in [2.75, 3.05) is 11.9 Å². The van der Waals surface area contributed by atoms with Gasteiger partial charge in [-0.1, -0.05) is 55.5 Å². The molecule has 19 heavy (non-hydrogen) atoms. The summed E-state index contributed by atoms with van der Waals surface area (Å²) in [6, 6.07) is 10.3. The number of thiazole rings is 1. The molecule has 0 atom stereocenters. The van der Waals surface area contributed by atoms with E-state index in [0.717, 1.165) is 22.2 Å². The van der Waals surface area contributed by atoms with Crippen LogP contribution in [-0.4, -0.2) is 17.1 Å². The van der Waals surface area contributed by atoms with Crippen LogP contribution in [0.15, 0.2) is 30.3 Å². The second kappa shape index (κ2) is 6.17. The number of hydrogen-bond acceptors (Lipinski definition) is 4. The van der Waals surface area contributed by atoms with Crippen molar-refractivity contribution in [3.05, 3.63) is 46.5 Å². The Hall–Kier alpha value is -1.39. The zero-order chi connectivity index (χ0) is 13.8. The lowest BCUT2D eigenvalue weighted by molar-refractivity contribution is 0.283. The van der Waals surface area contributed by atoms with Crippen molar-refractivity contribution >= 4 is 16.5 Å². The molecule has 0 spiro atoms. The van der Waals surface area contributed by atoms with Crippen molar-refractivity contribution in [2.45, 2.75) is 32.9 Å². The molecule has 0 aliphatic heterocycles. The molecular weight excluding hydrogens is 256 g/mol. The van der Waals surface area contributed by atoms with Crippen LogP contribution in [0.25, 0.3) is 0 Å². The molecule has 2 rings (SSSR count). The fourth-order valence-electron chi connectivity index (χ4n) is 2.00. The van der Waals surface area contributed by atoms with E-state index in [1.807, 2.05) is 25.2 Å². The molecule has 0 saturated heterocycles. The van der Waals surface area contributed by atoms with Crippen LogP contribution in [0.3, 0.4) is 0 Å². The summed E-state index contributed by atoms with van der Waals surface area (Å²) in [5, 5.41) is 10.4. The lowest BCUT2D eigenvalue weighted by Crippen LogP contribution is -2.16. The van der Waals surface area contributed by atoms with Crippen LogP contribution >= 0.6 is 11.3 Å². The Labute approximate surface area is 118 Å². The van der Waals surface area contributed by atoms with Crippen LogP contribution in [0.5, 0.6) is 0 Å². The summed E-state index contributed by atoms with van der Waals surface area (Å²) in [5.74, 6) is 0.345. The van der Waals surface area contributed by atoms with Gasteiger partial charge in [0.2, 0.25) is 0 Å². The first-order chi connectivity index (χ1) is 9.11. The molecule has 0 bridgehead atoms. The predicted octanol–water partition coefficient (Wildman–Crippen LogP) is 3.40. The predicted molar refractivity (Wildman–Crippen MR) is 80.7 cm³/mol. The van der Waals surface area contributed by atoms with Gasteiger partial charge in [0.25, 0.3) is 0 Å². The third kappa shape index (κ3) is 3.33. The first kappa shape index (κ1) is 14.0. The summed E-state index contributed by atoms with van der Waals surface area (Å²) in [5.41, 5.74) is 2.28. The molecular formula is C15H20N2OS. The lowest BCUT2D eigenvalue weighted by atomic mass is 10.1. The van der Waals surface area contributed by atoms with Crippen molar-refractivity contribution in [3.8, 4) is 0 Å². The van der Waals surface area contributed by atoms with E-state index < -0.39 is 0 Å². The fraction of sp³-hybridized carbons (Fsp3) is 0.400. The average molecular weight is 276 g/mol. The molecule has 1 aromatic carbocycles. The summed E-state index contributed by atoms with van der Waals surface area (Å²) in [4.78, 5) is 7.77. The lowest BCUT2D eigenvalue weighted by Gasteiger charge is -2.15. The Morgan fingerprint density at radius 2 is 1.95 bits per heavy atom. The largest absolute Gasteiger partial charge is 0.391 e. The van der Waals surface area contributed by atoms with E-state index >= 15 is 0 Å². The smallest absolute Gasteiger partial charge is 0.185 e. The van der Waals surface area contributed by atoms with Crippen LogP contribution in [0, 0.1) is 0 Å². The molecule has 0 fully saturated rings. The highest BCUT2D eigenvalue weighted by Crippen LogP contribution is 2.30. The van der Waals surface area contributed by atoms with Gasteiger partial charge in [0.1, 0.15) is 0 Å². The topological polar surface area (TPSA) is 36.4 Å². The van der Waals surface area contributed by atoms with Crippen LogP contribution in [0.4, 0.5) is 5.13 Å². The zero-order valence-corrected chi connectivity index (χ0v) is 12.4. The minimum absolute atomic E-state index is 0.0738. The molecule has 0 aliphatic carbocycles. The number of hydrogen-bond donors (Lipinski definition) is 1. The molecule has 0 amide bonds. The van der Waals surface area contributed by atoms with Crippen LogP contribution in [-0.2, 0) is 13.2 Å². The zero-order valence-electron chi connectivity index (χ0n) is 11.6. The molecule has 1 aromatic heterocycles. The Bertz CT molecular complexity index is 522. The van der Waals surface area contributed by atoms with Gasteiger partial charge in [-0.05, 0) is 11.5 Å². The summed E-state index contributed by atoms with van der Waals surface area (Å²) >= 11 is 1.58. The van der Waals surface area contributed by atoms with Crippen LogP contribution in [0.1, 0.15) is 35.9 Å². The second-order valence-corrected chi connectivity index (χ2v) is 6.02. The molecule has 0 saturated carbocycles. The van der Waals surface area contributed by atoms with Crippen molar-refractivity contribution in [1.82, 2.24) is 4.98 Å². The number of anilines is 1. The van der Waals surface area contributed by atoms with Crippen LogP contribution < -0.4 is 4.90 Å². The van der Waals surface area contributed by atoms with Gasteiger partial charge in [0.15, 0.2) is 5.13 Å². The van der Waals surface area contributed by atoms with Gasteiger partial charge in [0.05, 0.1) is 17.2 Å². The van der Waals surface area contributed by atoms with Gasteiger partial charge in [-0.25, -0.2) is 4.98 Å². The molecule has 0 radical (unpaired) electrons. The maximum atomic E-state index is 9.40. The van der Waals surface area contributed by atoms with Crippen molar-refractivity contribution in [3.63, 3.8) is 0 Å². The highest BCUT2D eigenvalue weighted by Gasteiger charge is 2.15. The number of rotatable bonds is 5. The molecule has 3 nitrogen and oxygen atoms in total. The molecule has 2 aromatic rings. The first-order valence-electron chi connectivity index (χ1n) is 6.47. The summed E-state index contributed by atoms with van der Waals surface area (Å²) in [6.45, 7) is 5.12. The number of aliphatic hydroxyl groups is 1. The normalized spacial score (nSPS) is 11.0. The maximum Gasteiger partial charge on any atom is 0.185 e. The summed E-state index contributed by atoms with van der Waals surface area (Å²) in [6.07, 6.45) is 0. The first-order valence-corrected chi connectivity index (χ1v) is 7.29. The highest BCUT2D eigenvalue weighted by molar-refractivity contribution is 7.15. The van der Waals surface area contributed by atoms with Crippen molar-refractivity contribution in [1.29, 1.82) is 0 Å². The van der Waals surface area contributed by atoms with E-state index in [2.05, 4.69) is 35.9 Å². The Balaban J connectivity index is 2.17. The van der Waals surface area contributed by atoms with Gasteiger partial charge in [-0.3, -0.25) is 0 Å². The van der Waals surface area contributed by atoms with Gasteiger partial charge in [-0.2, -0.15) is 0 Å². The van der Waals surface area contributed by atoms with E-state index in [1.54, 1.807) is 11.3 Å². The summed E-state index contributed by atoms with van der Waals surface area (Å²) < 4.78 is 0. The number of aliphatic hydroxyl groups excluding tert-OH is 1. The van der Waals surface area contributed by atoms with Gasteiger partial charge >= 0.3 is 0 Å². The molecule has 0 aliphatic rings. The summed E-state index contributed by atoms with van der Waals surface area (Å²) in [7, 11) is 2.04. The van der Waals surface area contributed by atoms with Gasteiger partial charge in [0, 0.05) is 13.6 Å². The number of nitrogens with zero attached hydrogens (tertiary/aromatic N) is 2. The van der Waals surface area contributed by atoms with Crippen molar-refractivity contribution in [2.24, 2.45) is 0 Å². The standard InChI is InChI=1S/C15H20N2OS/c1-11(2)14-13(10-18)19-15(16-14)17(3)9-12-7-5-4-6-8-12/h4-8,11,18H,9-10H2,1-3H3. The van der Waals surface area contributed by atoms with Crippen LogP contribution in [0.2, 0.25) is 0 Å². The number of aromatic nitrogens is 1. The van der Waals surface area contributed by atoms with E-state index in [4.69, 9.17) is 0 Å². The van der Waals surface area contributed by atoms with Crippen molar-refractivity contribution < 1.29 is 5.11 Å². The molecule has 0 unspecified atom stereocenters. The Morgan fingerprint density at radius 3 is 2.47 bits per heavy atom. The maximum absolute atomic E-state index is 9.40. The Morgan fingerprint density at radius 1 is 1.26 bits per heavy atom. The fourth-order valence-corrected chi connectivity index (χ4v) is 3.04. The van der Waals surface area contributed by atoms with E-state index in [0.29, 0.717) is 5.92 Å². The second-order valence-electron chi connectivity index (χ2n) is 4.96. The van der Waals surface area contributed by atoms with Gasteiger partial charge < -0.3 is 10.0 Å². The molecule has 1 heterocycles. The molecule has 1 N–H and O–H groups in total.